The fourth-order valence-corrected chi connectivity index (χ4v) is 3.07. The molecule has 1 aliphatic rings. The third-order valence-corrected chi connectivity index (χ3v) is 4.56. The van der Waals surface area contributed by atoms with Gasteiger partial charge in [-0.15, -0.1) is 0 Å². The molecule has 154 valence electrons. The molecule has 0 saturated heterocycles. The van der Waals surface area contributed by atoms with E-state index in [-0.39, 0.29) is 11.7 Å². The van der Waals surface area contributed by atoms with Gasteiger partial charge in [0.2, 0.25) is 5.91 Å². The minimum absolute atomic E-state index is 0.168. The van der Waals surface area contributed by atoms with Crippen molar-refractivity contribution in [1.82, 2.24) is 5.32 Å². The van der Waals surface area contributed by atoms with Crippen LogP contribution < -0.4 is 15.4 Å². The number of nitrogens with one attached hydrogen (secondary N) is 2. The second-order valence-electron chi connectivity index (χ2n) is 6.59. The Kier molecular flexibility index (Phi) is 5.62. The lowest BCUT2D eigenvalue weighted by Crippen LogP contribution is -2.41. The van der Waals surface area contributed by atoms with Gasteiger partial charge < -0.3 is 15.4 Å². The highest BCUT2D eigenvalue weighted by atomic mass is 19.4. The summed E-state index contributed by atoms with van der Waals surface area (Å²) in [5, 5.41) is 16.7. The maximum atomic E-state index is 12.8. The first-order valence-corrected chi connectivity index (χ1v) is 8.81. The van der Waals surface area contributed by atoms with Crippen LogP contribution in [-0.2, 0) is 11.0 Å². The van der Waals surface area contributed by atoms with Crippen molar-refractivity contribution < 1.29 is 27.6 Å². The van der Waals surface area contributed by atoms with Crippen molar-refractivity contribution in [3.8, 4) is 5.75 Å². The van der Waals surface area contributed by atoms with E-state index in [4.69, 9.17) is 4.74 Å². The highest BCUT2D eigenvalue weighted by Gasteiger charge is 2.33. The van der Waals surface area contributed by atoms with Crippen molar-refractivity contribution in [2.45, 2.75) is 31.6 Å². The van der Waals surface area contributed by atoms with Crippen molar-refractivity contribution in [2.24, 2.45) is 0 Å². The molecule has 0 aromatic heterocycles. The number of nitro benzene ring substituents is 1. The first-order chi connectivity index (χ1) is 13.7. The number of carbonyl (C=O) groups excluding carboxylic acids is 1. The van der Waals surface area contributed by atoms with Crippen molar-refractivity contribution in [1.29, 1.82) is 0 Å². The molecule has 0 spiro atoms. The van der Waals surface area contributed by atoms with Gasteiger partial charge >= 0.3 is 6.18 Å². The molecule has 1 heterocycles. The molecular weight excluding hydrogens is 391 g/mol. The fourth-order valence-electron chi connectivity index (χ4n) is 3.07. The molecule has 2 aromatic rings. The third-order valence-electron chi connectivity index (χ3n) is 4.56. The highest BCUT2D eigenvalue weighted by molar-refractivity contribution is 5.85. The number of benzene rings is 2. The molecule has 10 heteroatoms. The van der Waals surface area contributed by atoms with Gasteiger partial charge in [-0.3, -0.25) is 14.9 Å². The topological polar surface area (TPSA) is 93.5 Å². The van der Waals surface area contributed by atoms with E-state index in [0.29, 0.717) is 24.8 Å². The van der Waals surface area contributed by atoms with E-state index >= 15 is 0 Å². The summed E-state index contributed by atoms with van der Waals surface area (Å²) < 4.78 is 44.0. The van der Waals surface area contributed by atoms with Crippen LogP contribution in [0.2, 0.25) is 0 Å². The number of rotatable bonds is 5. The number of halogens is 3. The van der Waals surface area contributed by atoms with Crippen LogP contribution in [0.15, 0.2) is 42.5 Å². The SMILES string of the molecule is C[C@H](Nc1ccc(C(F)(F)F)cc1[N+](=O)[O-])C(=O)N[C@@H]1CCOc2ccccc21. The van der Waals surface area contributed by atoms with Gasteiger partial charge in [-0.1, -0.05) is 18.2 Å². The number of nitrogens with zero attached hydrogens (tertiary/aromatic N) is 1. The lowest BCUT2D eigenvalue weighted by molar-refractivity contribution is -0.384. The number of hydrogen-bond acceptors (Lipinski definition) is 5. The summed E-state index contributed by atoms with van der Waals surface area (Å²) in [4.78, 5) is 22.8. The Labute approximate surface area is 164 Å². The Balaban J connectivity index is 1.74. The maximum Gasteiger partial charge on any atom is 0.416 e. The van der Waals surface area contributed by atoms with Gasteiger partial charge in [0.1, 0.15) is 17.5 Å². The number of para-hydroxylation sites is 1. The smallest absolute Gasteiger partial charge is 0.416 e. The average Bonchev–Trinajstić information content (AvgIpc) is 2.67. The number of ether oxygens (including phenoxy) is 1. The summed E-state index contributed by atoms with van der Waals surface area (Å²) in [7, 11) is 0. The average molecular weight is 409 g/mol. The number of carbonyl (C=O) groups is 1. The van der Waals surface area contributed by atoms with Crippen molar-refractivity contribution >= 4 is 17.3 Å². The second-order valence-corrected chi connectivity index (χ2v) is 6.59. The minimum atomic E-state index is -4.71. The number of anilines is 1. The third kappa shape index (κ3) is 4.58. The van der Waals surface area contributed by atoms with Crippen LogP contribution in [0.4, 0.5) is 24.5 Å². The molecule has 0 radical (unpaired) electrons. The Bertz CT molecular complexity index is 933. The van der Waals surface area contributed by atoms with E-state index in [1.54, 1.807) is 6.07 Å². The summed E-state index contributed by atoms with van der Waals surface area (Å²) in [6.07, 6.45) is -4.15. The zero-order valence-corrected chi connectivity index (χ0v) is 15.3. The first kappa shape index (κ1) is 20.4. The summed E-state index contributed by atoms with van der Waals surface area (Å²) >= 11 is 0. The van der Waals surface area contributed by atoms with Gasteiger partial charge in [0.05, 0.1) is 23.1 Å². The quantitative estimate of drug-likeness (QED) is 0.574. The largest absolute Gasteiger partial charge is 0.493 e. The molecule has 1 amide bonds. The summed E-state index contributed by atoms with van der Waals surface area (Å²) in [6, 6.07) is 8.18. The molecule has 0 bridgehead atoms. The Morgan fingerprint density at radius 2 is 2.00 bits per heavy atom. The van der Waals surface area contributed by atoms with E-state index in [2.05, 4.69) is 10.6 Å². The lowest BCUT2D eigenvalue weighted by Gasteiger charge is -2.28. The maximum absolute atomic E-state index is 12.8. The molecule has 2 N–H and O–H groups in total. The van der Waals surface area contributed by atoms with Gasteiger partial charge in [-0.2, -0.15) is 13.2 Å². The van der Waals surface area contributed by atoms with E-state index in [1.807, 2.05) is 18.2 Å². The highest BCUT2D eigenvalue weighted by Crippen LogP contribution is 2.35. The van der Waals surface area contributed by atoms with Crippen LogP contribution >= 0.6 is 0 Å². The molecule has 3 rings (SSSR count). The molecule has 1 aliphatic heterocycles. The summed E-state index contributed by atoms with van der Waals surface area (Å²) in [6.45, 7) is 1.90. The lowest BCUT2D eigenvalue weighted by atomic mass is 10.0. The van der Waals surface area contributed by atoms with Gasteiger partial charge in [0.25, 0.3) is 5.69 Å². The molecule has 0 saturated carbocycles. The van der Waals surface area contributed by atoms with Gasteiger partial charge in [-0.05, 0) is 25.1 Å². The van der Waals surface area contributed by atoms with Crippen molar-refractivity contribution in [3.05, 3.63) is 63.7 Å². The molecular formula is C19H18F3N3O4. The number of nitro groups is 1. The second kappa shape index (κ2) is 7.98. The Morgan fingerprint density at radius 3 is 2.69 bits per heavy atom. The summed E-state index contributed by atoms with van der Waals surface area (Å²) in [5.74, 6) is 0.226. The van der Waals surface area contributed by atoms with Crippen molar-refractivity contribution in [2.75, 3.05) is 11.9 Å². The molecule has 2 atom stereocenters. The summed E-state index contributed by atoms with van der Waals surface area (Å²) in [5.41, 5.74) is -1.24. The number of fused-ring (bicyclic) bond motifs is 1. The van der Waals surface area contributed by atoms with E-state index in [0.717, 1.165) is 17.7 Å². The minimum Gasteiger partial charge on any atom is -0.493 e. The van der Waals surface area contributed by atoms with Crippen LogP contribution in [-0.4, -0.2) is 23.5 Å². The van der Waals surface area contributed by atoms with E-state index in [9.17, 15) is 28.1 Å². The number of amides is 1. The number of hydrogen-bond donors (Lipinski definition) is 2. The molecule has 2 aromatic carbocycles. The predicted molar refractivity (Wildman–Crippen MR) is 98.6 cm³/mol. The Morgan fingerprint density at radius 1 is 1.28 bits per heavy atom. The van der Waals surface area contributed by atoms with Crippen LogP contribution in [0, 0.1) is 10.1 Å². The van der Waals surface area contributed by atoms with Crippen molar-refractivity contribution in [3.63, 3.8) is 0 Å². The molecule has 0 fully saturated rings. The van der Waals surface area contributed by atoms with Crippen LogP contribution in [0.25, 0.3) is 0 Å². The molecule has 29 heavy (non-hydrogen) atoms. The molecule has 0 unspecified atom stereocenters. The van der Waals surface area contributed by atoms with Gasteiger partial charge in [0, 0.05) is 18.1 Å². The normalized spacial score (nSPS) is 16.9. The van der Waals surface area contributed by atoms with Gasteiger partial charge in [-0.25, -0.2) is 0 Å². The van der Waals surface area contributed by atoms with E-state index in [1.165, 1.54) is 6.92 Å². The van der Waals surface area contributed by atoms with Crippen LogP contribution in [0.5, 0.6) is 5.75 Å². The van der Waals surface area contributed by atoms with Crippen LogP contribution in [0.1, 0.15) is 30.5 Å². The fraction of sp³-hybridized carbons (Fsp3) is 0.316. The zero-order chi connectivity index (χ0) is 21.2. The molecule has 0 aliphatic carbocycles. The molecule has 7 nitrogen and oxygen atoms in total. The standard InChI is InChI=1S/C19H18F3N3O4/c1-11(18(26)24-14-8-9-29-17-5-3-2-4-13(14)17)23-15-7-6-12(19(20,21)22)10-16(15)25(27)28/h2-7,10-11,14,23H,8-9H2,1H3,(H,24,26)/t11-,14+/m0/s1. The Hall–Kier alpha value is -3.30. The van der Waals surface area contributed by atoms with Gasteiger partial charge in [0.15, 0.2) is 0 Å². The zero-order valence-electron chi connectivity index (χ0n) is 15.3. The predicted octanol–water partition coefficient (Wildman–Crippen LogP) is 4.05. The van der Waals surface area contributed by atoms with E-state index < -0.39 is 34.3 Å². The number of alkyl halides is 3. The monoisotopic (exact) mass is 409 g/mol. The van der Waals surface area contributed by atoms with Crippen LogP contribution in [0.3, 0.4) is 0 Å². The first-order valence-electron chi connectivity index (χ1n) is 8.81.